The predicted molar refractivity (Wildman–Crippen MR) is 53.5 cm³/mol. The van der Waals surface area contributed by atoms with E-state index in [0.29, 0.717) is 0 Å². The van der Waals surface area contributed by atoms with Crippen LogP contribution in [0.25, 0.3) is 0 Å². The predicted octanol–water partition coefficient (Wildman–Crippen LogP) is 1.93. The van der Waals surface area contributed by atoms with E-state index in [-0.39, 0.29) is 5.54 Å². The topological polar surface area (TPSA) is 35.2 Å². The highest BCUT2D eigenvalue weighted by Gasteiger charge is 2.50. The van der Waals surface area contributed by atoms with Gasteiger partial charge in [-0.15, -0.1) is 0 Å². The number of nitrogens with two attached hydrogens (primary N) is 1. The van der Waals surface area contributed by atoms with Crippen LogP contribution in [-0.2, 0) is 4.74 Å². The van der Waals surface area contributed by atoms with Gasteiger partial charge in [-0.1, -0.05) is 13.3 Å². The van der Waals surface area contributed by atoms with Crippen molar-refractivity contribution < 1.29 is 4.74 Å². The van der Waals surface area contributed by atoms with Crippen molar-refractivity contribution in [2.45, 2.75) is 44.6 Å². The Morgan fingerprint density at radius 2 is 2.38 bits per heavy atom. The van der Waals surface area contributed by atoms with E-state index in [9.17, 15) is 0 Å². The van der Waals surface area contributed by atoms with Gasteiger partial charge in [0.15, 0.2) is 0 Å². The summed E-state index contributed by atoms with van der Waals surface area (Å²) >= 11 is 0. The molecule has 0 aromatic heterocycles. The summed E-state index contributed by atoms with van der Waals surface area (Å²) in [4.78, 5) is 0. The van der Waals surface area contributed by atoms with E-state index in [2.05, 4.69) is 6.92 Å². The second-order valence-corrected chi connectivity index (χ2v) is 4.86. The molecule has 76 valence electrons. The summed E-state index contributed by atoms with van der Waals surface area (Å²) < 4.78 is 5.37. The zero-order chi connectivity index (χ0) is 9.31. The molecule has 0 bridgehead atoms. The number of hydrogen-bond donors (Lipinski definition) is 1. The molecule has 0 aromatic carbocycles. The molecular weight excluding hydrogens is 162 g/mol. The van der Waals surface area contributed by atoms with Crippen LogP contribution < -0.4 is 5.73 Å². The lowest BCUT2D eigenvalue weighted by Crippen LogP contribution is -2.28. The summed E-state index contributed by atoms with van der Waals surface area (Å²) in [6, 6.07) is 0. The van der Waals surface area contributed by atoms with Crippen molar-refractivity contribution in [1.82, 2.24) is 0 Å². The monoisotopic (exact) mass is 183 g/mol. The molecule has 2 N–H and O–H groups in total. The molecule has 2 heteroatoms. The maximum absolute atomic E-state index is 6.30. The number of rotatable bonds is 4. The fourth-order valence-corrected chi connectivity index (χ4v) is 2.67. The third kappa shape index (κ3) is 2.05. The molecule has 3 atom stereocenters. The Labute approximate surface area is 80.8 Å². The summed E-state index contributed by atoms with van der Waals surface area (Å²) in [7, 11) is 0. The van der Waals surface area contributed by atoms with Crippen molar-refractivity contribution in [3.8, 4) is 0 Å². The van der Waals surface area contributed by atoms with E-state index >= 15 is 0 Å². The Balaban J connectivity index is 1.75. The van der Waals surface area contributed by atoms with E-state index < -0.39 is 0 Å². The summed E-state index contributed by atoms with van der Waals surface area (Å²) in [6.07, 6.45) is 6.31. The van der Waals surface area contributed by atoms with Gasteiger partial charge in [0, 0.05) is 18.8 Å². The zero-order valence-electron chi connectivity index (χ0n) is 8.59. The maximum atomic E-state index is 6.30. The van der Waals surface area contributed by atoms with Gasteiger partial charge in [0.25, 0.3) is 0 Å². The lowest BCUT2D eigenvalue weighted by Gasteiger charge is -2.15. The molecule has 2 nitrogen and oxygen atoms in total. The molecule has 2 fully saturated rings. The Morgan fingerprint density at radius 1 is 1.54 bits per heavy atom. The normalized spacial score (nSPS) is 43.8. The van der Waals surface area contributed by atoms with E-state index in [4.69, 9.17) is 10.5 Å². The average Bonchev–Trinajstić information content (AvgIpc) is 2.52. The van der Waals surface area contributed by atoms with Gasteiger partial charge in [0.05, 0.1) is 0 Å². The van der Waals surface area contributed by atoms with Gasteiger partial charge < -0.3 is 10.5 Å². The minimum Gasteiger partial charge on any atom is -0.381 e. The molecule has 1 saturated carbocycles. The van der Waals surface area contributed by atoms with Gasteiger partial charge in [0.2, 0.25) is 0 Å². The van der Waals surface area contributed by atoms with Gasteiger partial charge in [0.1, 0.15) is 0 Å². The van der Waals surface area contributed by atoms with E-state index in [1.54, 1.807) is 0 Å². The molecule has 3 unspecified atom stereocenters. The zero-order valence-corrected chi connectivity index (χ0v) is 8.59. The Hall–Kier alpha value is -0.0800. The Morgan fingerprint density at radius 3 is 3.00 bits per heavy atom. The highest BCUT2D eigenvalue weighted by Crippen LogP contribution is 2.49. The molecule has 0 radical (unpaired) electrons. The summed E-state index contributed by atoms with van der Waals surface area (Å²) in [5, 5.41) is 0. The third-order valence-corrected chi connectivity index (χ3v) is 3.61. The molecular formula is C11H21NO. The summed E-state index contributed by atoms with van der Waals surface area (Å²) in [6.45, 7) is 4.16. The molecule has 0 aromatic rings. The fraction of sp³-hybridized carbons (Fsp3) is 1.00. The SMILES string of the molecule is CCCC1CC1(N)CC1CCOC1. The van der Waals surface area contributed by atoms with Crippen LogP contribution in [0.1, 0.15) is 39.0 Å². The molecule has 1 aliphatic heterocycles. The summed E-state index contributed by atoms with van der Waals surface area (Å²) in [5.74, 6) is 1.57. The van der Waals surface area contributed by atoms with Gasteiger partial charge in [-0.3, -0.25) is 0 Å². The molecule has 1 heterocycles. The fourth-order valence-electron chi connectivity index (χ4n) is 2.67. The van der Waals surface area contributed by atoms with Crippen LogP contribution in [0, 0.1) is 11.8 Å². The van der Waals surface area contributed by atoms with E-state index in [0.717, 1.165) is 25.0 Å². The Bertz CT molecular complexity index is 177. The standard InChI is InChI=1S/C11H21NO/c1-2-3-10-7-11(10,12)6-9-4-5-13-8-9/h9-10H,2-8,12H2,1H3. The number of ether oxygens (including phenoxy) is 1. The van der Waals surface area contributed by atoms with Crippen molar-refractivity contribution in [2.24, 2.45) is 17.6 Å². The van der Waals surface area contributed by atoms with Gasteiger partial charge >= 0.3 is 0 Å². The van der Waals surface area contributed by atoms with Crippen LogP contribution in [0.5, 0.6) is 0 Å². The highest BCUT2D eigenvalue weighted by molar-refractivity contribution is 5.08. The highest BCUT2D eigenvalue weighted by atomic mass is 16.5. The van der Waals surface area contributed by atoms with Gasteiger partial charge in [-0.2, -0.15) is 0 Å². The van der Waals surface area contributed by atoms with Crippen LogP contribution >= 0.6 is 0 Å². The van der Waals surface area contributed by atoms with Crippen molar-refractivity contribution >= 4 is 0 Å². The minimum atomic E-state index is 0.203. The Kier molecular flexibility index (Phi) is 2.61. The van der Waals surface area contributed by atoms with Crippen LogP contribution in [-0.4, -0.2) is 18.8 Å². The molecule has 2 rings (SSSR count). The molecule has 0 amide bonds. The van der Waals surface area contributed by atoms with Crippen LogP contribution in [0.15, 0.2) is 0 Å². The smallest absolute Gasteiger partial charge is 0.0495 e. The first-order chi connectivity index (χ1) is 6.24. The van der Waals surface area contributed by atoms with Gasteiger partial charge in [-0.05, 0) is 37.5 Å². The second-order valence-electron chi connectivity index (χ2n) is 4.86. The molecule has 1 saturated heterocycles. The van der Waals surface area contributed by atoms with Crippen LogP contribution in [0.4, 0.5) is 0 Å². The number of hydrogen-bond acceptors (Lipinski definition) is 2. The van der Waals surface area contributed by atoms with Crippen molar-refractivity contribution in [1.29, 1.82) is 0 Å². The third-order valence-electron chi connectivity index (χ3n) is 3.61. The lowest BCUT2D eigenvalue weighted by molar-refractivity contribution is 0.181. The lowest BCUT2D eigenvalue weighted by atomic mass is 9.95. The molecule has 0 spiro atoms. The van der Waals surface area contributed by atoms with E-state index in [1.165, 1.54) is 32.1 Å². The first-order valence-electron chi connectivity index (χ1n) is 5.61. The van der Waals surface area contributed by atoms with E-state index in [1.807, 2.05) is 0 Å². The first kappa shape index (κ1) is 9.47. The van der Waals surface area contributed by atoms with Gasteiger partial charge in [-0.25, -0.2) is 0 Å². The minimum absolute atomic E-state index is 0.203. The van der Waals surface area contributed by atoms with Crippen molar-refractivity contribution in [3.05, 3.63) is 0 Å². The van der Waals surface area contributed by atoms with Crippen LogP contribution in [0.3, 0.4) is 0 Å². The molecule has 1 aliphatic carbocycles. The molecule has 2 aliphatic rings. The van der Waals surface area contributed by atoms with Crippen molar-refractivity contribution in [2.75, 3.05) is 13.2 Å². The van der Waals surface area contributed by atoms with Crippen LogP contribution in [0.2, 0.25) is 0 Å². The summed E-state index contributed by atoms with van der Waals surface area (Å²) in [5.41, 5.74) is 6.50. The largest absolute Gasteiger partial charge is 0.381 e. The first-order valence-corrected chi connectivity index (χ1v) is 5.61. The molecule has 13 heavy (non-hydrogen) atoms. The maximum Gasteiger partial charge on any atom is 0.0495 e. The quantitative estimate of drug-likeness (QED) is 0.723. The van der Waals surface area contributed by atoms with Crippen molar-refractivity contribution in [3.63, 3.8) is 0 Å². The average molecular weight is 183 g/mol. The second kappa shape index (κ2) is 3.58.